The zero-order chi connectivity index (χ0) is 13.1. The summed E-state index contributed by atoms with van der Waals surface area (Å²) in [5.74, 6) is 0.906. The van der Waals surface area contributed by atoms with E-state index in [4.69, 9.17) is 10.5 Å². The van der Waals surface area contributed by atoms with Gasteiger partial charge in [-0.2, -0.15) is 0 Å². The lowest BCUT2D eigenvalue weighted by molar-refractivity contribution is 0.300. The molecule has 3 nitrogen and oxygen atoms in total. The maximum atomic E-state index is 5.78. The molecule has 96 valence electrons. The highest BCUT2D eigenvalue weighted by Crippen LogP contribution is 2.18. The molecule has 0 spiro atoms. The topological polar surface area (TPSA) is 40.2 Å². The Bertz CT molecular complexity index is 674. The van der Waals surface area contributed by atoms with Gasteiger partial charge in [-0.05, 0) is 36.4 Å². The highest BCUT2D eigenvalue weighted by atomic mass is 16.5. The Balaban J connectivity index is 1.69. The van der Waals surface area contributed by atoms with Crippen LogP contribution in [-0.2, 0) is 6.54 Å². The summed E-state index contributed by atoms with van der Waals surface area (Å²) < 4.78 is 7.88. The van der Waals surface area contributed by atoms with Crippen LogP contribution in [0.1, 0.15) is 0 Å². The van der Waals surface area contributed by atoms with Gasteiger partial charge in [-0.25, -0.2) is 0 Å². The van der Waals surface area contributed by atoms with Gasteiger partial charge in [0.25, 0.3) is 0 Å². The maximum absolute atomic E-state index is 5.78. The number of nitrogens with zero attached hydrogens (tertiary/aromatic N) is 1. The summed E-state index contributed by atoms with van der Waals surface area (Å²) in [4.78, 5) is 0. The molecule has 0 amide bonds. The average Bonchev–Trinajstić information content (AvgIpc) is 2.82. The second-order valence-corrected chi connectivity index (χ2v) is 4.49. The van der Waals surface area contributed by atoms with Gasteiger partial charge in [0.2, 0.25) is 0 Å². The first-order valence-electron chi connectivity index (χ1n) is 6.35. The molecule has 2 N–H and O–H groups in total. The lowest BCUT2D eigenvalue weighted by Gasteiger charge is -2.08. The van der Waals surface area contributed by atoms with Gasteiger partial charge in [-0.15, -0.1) is 0 Å². The molecule has 0 fully saturated rings. The molecular formula is C16H16N2O. The normalized spacial score (nSPS) is 10.7. The summed E-state index contributed by atoms with van der Waals surface area (Å²) in [7, 11) is 0. The average molecular weight is 252 g/mol. The smallest absolute Gasteiger partial charge is 0.119 e. The van der Waals surface area contributed by atoms with Gasteiger partial charge >= 0.3 is 0 Å². The van der Waals surface area contributed by atoms with Crippen molar-refractivity contribution >= 4 is 16.6 Å². The third-order valence-electron chi connectivity index (χ3n) is 3.14. The van der Waals surface area contributed by atoms with Crippen LogP contribution in [0.4, 0.5) is 5.69 Å². The van der Waals surface area contributed by atoms with Crippen LogP contribution in [-0.4, -0.2) is 11.2 Å². The Morgan fingerprint density at radius 2 is 1.84 bits per heavy atom. The van der Waals surface area contributed by atoms with E-state index in [-0.39, 0.29) is 0 Å². The van der Waals surface area contributed by atoms with E-state index >= 15 is 0 Å². The Labute approximate surface area is 112 Å². The number of nitrogen functional groups attached to an aromatic ring is 1. The summed E-state index contributed by atoms with van der Waals surface area (Å²) in [6, 6.07) is 17.9. The molecule has 2 aromatic carbocycles. The fourth-order valence-corrected chi connectivity index (χ4v) is 2.19. The Morgan fingerprint density at radius 3 is 2.68 bits per heavy atom. The quantitative estimate of drug-likeness (QED) is 0.724. The first-order chi connectivity index (χ1) is 9.33. The van der Waals surface area contributed by atoms with Crippen LogP contribution >= 0.6 is 0 Å². The fourth-order valence-electron chi connectivity index (χ4n) is 2.19. The number of anilines is 1. The van der Waals surface area contributed by atoms with E-state index in [0.29, 0.717) is 6.61 Å². The van der Waals surface area contributed by atoms with Crippen LogP contribution in [0.5, 0.6) is 5.75 Å². The highest BCUT2D eigenvalue weighted by Gasteiger charge is 2.01. The number of nitrogens with two attached hydrogens (primary N) is 1. The van der Waals surface area contributed by atoms with Gasteiger partial charge in [0.1, 0.15) is 12.4 Å². The van der Waals surface area contributed by atoms with Gasteiger partial charge in [0.05, 0.1) is 6.54 Å². The second kappa shape index (κ2) is 5.06. The van der Waals surface area contributed by atoms with Crippen molar-refractivity contribution < 1.29 is 4.74 Å². The summed E-state index contributed by atoms with van der Waals surface area (Å²) in [5.41, 5.74) is 7.76. The molecule has 0 saturated heterocycles. The van der Waals surface area contributed by atoms with E-state index in [1.54, 1.807) is 0 Å². The van der Waals surface area contributed by atoms with Gasteiger partial charge in [-0.3, -0.25) is 0 Å². The van der Waals surface area contributed by atoms with Gasteiger partial charge < -0.3 is 15.0 Å². The lowest BCUT2D eigenvalue weighted by Crippen LogP contribution is -2.07. The van der Waals surface area contributed by atoms with E-state index in [9.17, 15) is 0 Å². The molecule has 0 aliphatic heterocycles. The monoisotopic (exact) mass is 252 g/mol. The van der Waals surface area contributed by atoms with E-state index < -0.39 is 0 Å². The van der Waals surface area contributed by atoms with Crippen LogP contribution in [0.2, 0.25) is 0 Å². The number of hydrogen-bond acceptors (Lipinski definition) is 2. The number of ether oxygens (including phenoxy) is 1. The van der Waals surface area contributed by atoms with E-state index in [0.717, 1.165) is 18.0 Å². The number of fused-ring (bicyclic) bond motifs is 1. The Kier molecular flexibility index (Phi) is 3.11. The second-order valence-electron chi connectivity index (χ2n) is 4.49. The van der Waals surface area contributed by atoms with Gasteiger partial charge in [-0.1, -0.05) is 18.2 Å². The molecule has 0 unspecified atom stereocenters. The minimum Gasteiger partial charge on any atom is -0.492 e. The molecule has 0 saturated carbocycles. The number of hydrogen-bond donors (Lipinski definition) is 1. The maximum Gasteiger partial charge on any atom is 0.119 e. The number of rotatable bonds is 4. The standard InChI is InChI=1S/C16H16N2O/c17-14-6-7-16-13(12-14)8-9-18(16)10-11-19-15-4-2-1-3-5-15/h1-9,12H,10-11,17H2. The van der Waals surface area contributed by atoms with Gasteiger partial charge in [0, 0.05) is 22.8 Å². The third kappa shape index (κ3) is 2.55. The fraction of sp³-hybridized carbons (Fsp3) is 0.125. The largest absolute Gasteiger partial charge is 0.492 e. The minimum atomic E-state index is 0.651. The molecule has 0 bridgehead atoms. The summed E-state index contributed by atoms with van der Waals surface area (Å²) in [6.45, 7) is 1.47. The third-order valence-corrected chi connectivity index (χ3v) is 3.14. The van der Waals surface area contributed by atoms with Crippen molar-refractivity contribution in [2.75, 3.05) is 12.3 Å². The number of benzene rings is 2. The van der Waals surface area contributed by atoms with E-state index in [1.807, 2.05) is 48.5 Å². The van der Waals surface area contributed by atoms with Gasteiger partial charge in [0.15, 0.2) is 0 Å². The molecule has 3 aromatic rings. The highest BCUT2D eigenvalue weighted by molar-refractivity contribution is 5.83. The molecular weight excluding hydrogens is 236 g/mol. The van der Waals surface area contributed by atoms with Crippen molar-refractivity contribution in [2.24, 2.45) is 0 Å². The SMILES string of the molecule is Nc1ccc2c(ccn2CCOc2ccccc2)c1. The molecule has 3 heteroatoms. The lowest BCUT2D eigenvalue weighted by atomic mass is 10.2. The van der Waals surface area contributed by atoms with Crippen LogP contribution in [0.15, 0.2) is 60.8 Å². The number of aromatic nitrogens is 1. The van der Waals surface area contributed by atoms with Crippen molar-refractivity contribution in [2.45, 2.75) is 6.54 Å². The van der Waals surface area contributed by atoms with Crippen LogP contribution in [0.25, 0.3) is 10.9 Å². The van der Waals surface area contributed by atoms with E-state index in [1.165, 1.54) is 10.9 Å². The first kappa shape index (κ1) is 11.7. The van der Waals surface area contributed by atoms with Crippen LogP contribution in [0.3, 0.4) is 0 Å². The Hall–Kier alpha value is -2.42. The zero-order valence-electron chi connectivity index (χ0n) is 10.6. The Morgan fingerprint density at radius 1 is 1.00 bits per heavy atom. The summed E-state index contributed by atoms with van der Waals surface area (Å²) >= 11 is 0. The molecule has 0 radical (unpaired) electrons. The molecule has 1 aromatic heterocycles. The van der Waals surface area contributed by atoms with Crippen molar-refractivity contribution in [1.29, 1.82) is 0 Å². The predicted octanol–water partition coefficient (Wildman–Crippen LogP) is 3.30. The van der Waals surface area contributed by atoms with E-state index in [2.05, 4.69) is 16.8 Å². The van der Waals surface area contributed by atoms with Crippen molar-refractivity contribution in [1.82, 2.24) is 4.57 Å². The molecule has 3 rings (SSSR count). The van der Waals surface area contributed by atoms with Crippen LogP contribution < -0.4 is 10.5 Å². The van der Waals surface area contributed by atoms with Crippen LogP contribution in [0, 0.1) is 0 Å². The number of para-hydroxylation sites is 1. The predicted molar refractivity (Wildman–Crippen MR) is 78.3 cm³/mol. The molecule has 0 aliphatic rings. The minimum absolute atomic E-state index is 0.651. The summed E-state index contributed by atoms with van der Waals surface area (Å²) in [5, 5.41) is 1.17. The molecule has 0 aliphatic carbocycles. The summed E-state index contributed by atoms with van der Waals surface area (Å²) in [6.07, 6.45) is 2.07. The molecule has 19 heavy (non-hydrogen) atoms. The molecule has 1 heterocycles. The van der Waals surface area contributed by atoms with Crippen molar-refractivity contribution in [3.63, 3.8) is 0 Å². The molecule has 0 atom stereocenters. The first-order valence-corrected chi connectivity index (χ1v) is 6.35. The van der Waals surface area contributed by atoms with Crippen molar-refractivity contribution in [3.8, 4) is 5.75 Å². The zero-order valence-corrected chi connectivity index (χ0v) is 10.6. The van der Waals surface area contributed by atoms with Crippen molar-refractivity contribution in [3.05, 3.63) is 60.8 Å².